The number of ether oxygens (including phenoxy) is 4. The van der Waals surface area contributed by atoms with E-state index >= 15 is 0 Å². The fraction of sp³-hybridized carbons (Fsp3) is 0.300. The molecule has 1 atom stereocenters. The van der Waals surface area contributed by atoms with Crippen LogP contribution in [0.25, 0.3) is 0 Å². The Bertz CT molecular complexity index is 928. The van der Waals surface area contributed by atoms with Crippen molar-refractivity contribution in [2.24, 2.45) is 4.99 Å². The van der Waals surface area contributed by atoms with Gasteiger partial charge in [0.1, 0.15) is 37.4 Å². The minimum atomic E-state index is -0.206. The summed E-state index contributed by atoms with van der Waals surface area (Å²) in [4.78, 5) is 16.3. The number of amidine groups is 1. The molecule has 1 unspecified atom stereocenters. The Kier molecular flexibility index (Phi) is 5.03. The van der Waals surface area contributed by atoms with Crippen LogP contribution in [0, 0.1) is 0 Å². The van der Waals surface area contributed by atoms with Gasteiger partial charge in [0.15, 0.2) is 0 Å². The van der Waals surface area contributed by atoms with E-state index in [-0.39, 0.29) is 18.6 Å². The Balaban J connectivity index is 1.50. The van der Waals surface area contributed by atoms with Crippen molar-refractivity contribution in [1.82, 2.24) is 0 Å². The number of amides is 1. The molecule has 0 aromatic heterocycles. The summed E-state index contributed by atoms with van der Waals surface area (Å²) in [5.74, 6) is 1.32. The van der Waals surface area contributed by atoms with Crippen molar-refractivity contribution in [3.05, 3.63) is 47.5 Å². The lowest BCUT2D eigenvalue weighted by Crippen LogP contribution is -2.24. The molecule has 8 heteroatoms. The highest BCUT2D eigenvalue weighted by molar-refractivity contribution is 5.94. The summed E-state index contributed by atoms with van der Waals surface area (Å²) >= 11 is 0. The molecule has 0 spiro atoms. The average Bonchev–Trinajstić information content (AvgIpc) is 3.11. The normalized spacial score (nSPS) is 18.4. The molecule has 2 aliphatic heterocycles. The van der Waals surface area contributed by atoms with Gasteiger partial charge in [-0.3, -0.25) is 4.79 Å². The molecule has 0 saturated heterocycles. The lowest BCUT2D eigenvalue weighted by molar-refractivity contribution is -0.119. The van der Waals surface area contributed by atoms with Crippen LogP contribution in [0.5, 0.6) is 11.5 Å². The van der Waals surface area contributed by atoms with Crippen LogP contribution in [0.15, 0.2) is 41.4 Å². The highest BCUT2D eigenvalue weighted by Crippen LogP contribution is 2.41. The van der Waals surface area contributed by atoms with E-state index in [9.17, 15) is 4.79 Å². The highest BCUT2D eigenvalue weighted by atomic mass is 16.5. The second kappa shape index (κ2) is 7.77. The van der Waals surface area contributed by atoms with Gasteiger partial charge in [0.05, 0.1) is 12.7 Å². The molecule has 2 N–H and O–H groups in total. The lowest BCUT2D eigenvalue weighted by atomic mass is 10.1. The Hall–Kier alpha value is -3.26. The number of fused-ring (bicyclic) bond motifs is 2. The summed E-state index contributed by atoms with van der Waals surface area (Å²) in [7, 11) is 3.11. The number of rotatable bonds is 5. The second-order valence-corrected chi connectivity index (χ2v) is 6.40. The Labute approximate surface area is 162 Å². The van der Waals surface area contributed by atoms with Gasteiger partial charge in [-0.2, -0.15) is 0 Å². The lowest BCUT2D eigenvalue weighted by Gasteiger charge is -2.22. The van der Waals surface area contributed by atoms with Gasteiger partial charge in [0.2, 0.25) is 5.91 Å². The highest BCUT2D eigenvalue weighted by Gasteiger charge is 2.29. The minimum absolute atomic E-state index is 0.0109. The van der Waals surface area contributed by atoms with Crippen LogP contribution in [0.1, 0.15) is 17.2 Å². The third-order valence-corrected chi connectivity index (χ3v) is 4.52. The molecule has 0 aliphatic carbocycles. The Morgan fingerprint density at radius 3 is 3.00 bits per heavy atom. The van der Waals surface area contributed by atoms with Crippen molar-refractivity contribution >= 4 is 23.3 Å². The zero-order valence-electron chi connectivity index (χ0n) is 15.7. The van der Waals surface area contributed by atoms with Gasteiger partial charge >= 0.3 is 0 Å². The standard InChI is InChI=1S/C20H21N3O5/c1-25-11-18(24)21-13-6-7-14-12(8-13)9-28-20(22-14)23-15-10-27-17-5-3-4-16(26-2)19(15)17/h3-8,15H,9-11H2,1-2H3,(H,21,24)(H,22,23). The van der Waals surface area contributed by atoms with Gasteiger partial charge in [-0.15, -0.1) is 0 Å². The molecule has 28 heavy (non-hydrogen) atoms. The van der Waals surface area contributed by atoms with Crippen LogP contribution >= 0.6 is 0 Å². The van der Waals surface area contributed by atoms with Crippen LogP contribution < -0.4 is 20.1 Å². The second-order valence-electron chi connectivity index (χ2n) is 6.40. The van der Waals surface area contributed by atoms with E-state index in [4.69, 9.17) is 18.9 Å². The zero-order chi connectivity index (χ0) is 19.5. The molecule has 0 saturated carbocycles. The molecule has 8 nitrogen and oxygen atoms in total. The number of benzene rings is 2. The molecule has 0 radical (unpaired) electrons. The molecule has 2 heterocycles. The van der Waals surface area contributed by atoms with Crippen molar-refractivity contribution in [3.8, 4) is 11.5 Å². The maximum atomic E-state index is 11.7. The molecule has 2 aromatic rings. The number of nitrogens with one attached hydrogen (secondary N) is 2. The number of aliphatic imine (C=N–C) groups is 1. The van der Waals surface area contributed by atoms with Crippen molar-refractivity contribution in [2.75, 3.05) is 38.1 Å². The molecular formula is C20H21N3O5. The summed E-state index contributed by atoms with van der Waals surface area (Å²) in [6.45, 7) is 0.792. The van der Waals surface area contributed by atoms with Crippen molar-refractivity contribution < 1.29 is 23.7 Å². The number of hydrogen-bond donors (Lipinski definition) is 2. The van der Waals surface area contributed by atoms with Gasteiger partial charge in [0.25, 0.3) is 6.02 Å². The van der Waals surface area contributed by atoms with E-state index in [0.29, 0.717) is 24.9 Å². The number of hydrogen-bond acceptors (Lipinski definition) is 6. The summed E-state index contributed by atoms with van der Waals surface area (Å²) in [5, 5.41) is 5.97. The van der Waals surface area contributed by atoms with Gasteiger partial charge in [0, 0.05) is 24.0 Å². The van der Waals surface area contributed by atoms with Crippen LogP contribution in [-0.4, -0.2) is 39.4 Å². The number of methoxy groups -OCH3 is 2. The molecule has 0 bridgehead atoms. The first-order valence-electron chi connectivity index (χ1n) is 8.87. The van der Waals surface area contributed by atoms with Crippen molar-refractivity contribution in [2.45, 2.75) is 12.6 Å². The largest absolute Gasteiger partial charge is 0.496 e. The number of nitrogens with zero attached hydrogens (tertiary/aromatic N) is 1. The van der Waals surface area contributed by atoms with Crippen LogP contribution in [0.2, 0.25) is 0 Å². The molecule has 2 aliphatic rings. The average molecular weight is 383 g/mol. The van der Waals surface area contributed by atoms with Gasteiger partial charge < -0.3 is 29.6 Å². The number of anilines is 2. The molecule has 1 amide bonds. The minimum Gasteiger partial charge on any atom is -0.496 e. The van der Waals surface area contributed by atoms with E-state index in [1.807, 2.05) is 36.4 Å². The van der Waals surface area contributed by atoms with Crippen LogP contribution in [0.4, 0.5) is 11.4 Å². The molecule has 2 aromatic carbocycles. The van der Waals surface area contributed by atoms with E-state index in [0.717, 1.165) is 28.3 Å². The molecular weight excluding hydrogens is 362 g/mol. The summed E-state index contributed by atoms with van der Waals surface area (Å²) in [6, 6.07) is 11.5. The van der Waals surface area contributed by atoms with Crippen LogP contribution in [0.3, 0.4) is 0 Å². The fourth-order valence-electron chi connectivity index (χ4n) is 3.26. The number of carbonyl (C=O) groups excluding carboxylic acids is 1. The predicted octanol–water partition coefficient (Wildman–Crippen LogP) is 2.71. The maximum Gasteiger partial charge on any atom is 0.290 e. The van der Waals surface area contributed by atoms with Crippen LogP contribution in [-0.2, 0) is 20.9 Å². The van der Waals surface area contributed by atoms with E-state index < -0.39 is 0 Å². The molecule has 146 valence electrons. The van der Waals surface area contributed by atoms with Gasteiger partial charge in [-0.25, -0.2) is 4.99 Å². The summed E-state index contributed by atoms with van der Waals surface area (Å²) < 4.78 is 21.7. The first-order chi connectivity index (χ1) is 13.7. The Morgan fingerprint density at radius 1 is 1.29 bits per heavy atom. The SMILES string of the molecule is COCC(=O)Nc1ccc2c(c1)COC(=NC1COc3cccc(OC)c31)N2. The van der Waals surface area contributed by atoms with Crippen molar-refractivity contribution in [1.29, 1.82) is 0 Å². The van der Waals surface area contributed by atoms with Crippen molar-refractivity contribution in [3.63, 3.8) is 0 Å². The third-order valence-electron chi connectivity index (χ3n) is 4.52. The maximum absolute atomic E-state index is 11.7. The fourth-order valence-corrected chi connectivity index (χ4v) is 3.26. The monoisotopic (exact) mass is 383 g/mol. The summed E-state index contributed by atoms with van der Waals surface area (Å²) in [6.07, 6.45) is 0. The van der Waals surface area contributed by atoms with Gasteiger partial charge in [-0.1, -0.05) is 6.07 Å². The van der Waals surface area contributed by atoms with E-state index in [1.165, 1.54) is 7.11 Å². The quantitative estimate of drug-likeness (QED) is 0.825. The van der Waals surface area contributed by atoms with E-state index in [2.05, 4.69) is 15.6 Å². The number of carbonyl (C=O) groups is 1. The summed E-state index contributed by atoms with van der Waals surface area (Å²) in [5.41, 5.74) is 3.42. The van der Waals surface area contributed by atoms with Gasteiger partial charge in [-0.05, 0) is 30.3 Å². The smallest absolute Gasteiger partial charge is 0.290 e. The first kappa shape index (κ1) is 18.1. The Morgan fingerprint density at radius 2 is 2.18 bits per heavy atom. The third kappa shape index (κ3) is 3.59. The predicted molar refractivity (Wildman–Crippen MR) is 104 cm³/mol. The zero-order valence-corrected chi connectivity index (χ0v) is 15.7. The topological polar surface area (TPSA) is 90.4 Å². The molecule has 0 fully saturated rings. The first-order valence-corrected chi connectivity index (χ1v) is 8.87. The van der Waals surface area contributed by atoms with E-state index in [1.54, 1.807) is 7.11 Å². The molecule has 4 rings (SSSR count).